The fraction of sp³-hybridized carbons (Fsp3) is 0.562. The number of benzene rings is 1. The Bertz CT molecular complexity index is 672. The Labute approximate surface area is 148 Å². The molecule has 1 aromatic rings. The number of nitrogens with one attached hydrogen (secondary N) is 1. The lowest BCUT2D eigenvalue weighted by atomic mass is 9.84. The molecule has 1 atom stereocenters. The summed E-state index contributed by atoms with van der Waals surface area (Å²) in [5, 5.41) is 2.59. The van der Waals surface area contributed by atoms with Crippen LogP contribution in [0, 0.1) is 0 Å². The van der Waals surface area contributed by atoms with Gasteiger partial charge in [-0.25, -0.2) is 8.42 Å². The number of rotatable bonds is 7. The van der Waals surface area contributed by atoms with Gasteiger partial charge in [-0.3, -0.25) is 4.79 Å². The molecule has 0 bridgehead atoms. The van der Waals surface area contributed by atoms with E-state index in [1.807, 2.05) is 19.9 Å². The van der Waals surface area contributed by atoms with Gasteiger partial charge in [0.25, 0.3) is 0 Å². The minimum absolute atomic E-state index is 0.0117. The van der Waals surface area contributed by atoms with Gasteiger partial charge in [-0.05, 0) is 31.0 Å². The summed E-state index contributed by atoms with van der Waals surface area (Å²) in [7, 11) is -3.40. The van der Waals surface area contributed by atoms with E-state index in [4.69, 9.17) is 23.2 Å². The average Bonchev–Trinajstić information content (AvgIpc) is 2.46. The van der Waals surface area contributed by atoms with Crippen molar-refractivity contribution in [3.63, 3.8) is 0 Å². The van der Waals surface area contributed by atoms with Crippen molar-refractivity contribution in [2.24, 2.45) is 0 Å². The first-order valence-electron chi connectivity index (χ1n) is 7.46. The van der Waals surface area contributed by atoms with Crippen LogP contribution in [0.3, 0.4) is 0 Å². The quantitative estimate of drug-likeness (QED) is 0.786. The summed E-state index contributed by atoms with van der Waals surface area (Å²) in [6, 6.07) is 5.31. The zero-order valence-corrected chi connectivity index (χ0v) is 16.1. The second-order valence-electron chi connectivity index (χ2n) is 6.24. The molecule has 0 heterocycles. The van der Waals surface area contributed by atoms with Gasteiger partial charge in [0.1, 0.15) is 5.25 Å². The number of carbonyl (C=O) groups is 1. The second-order valence-corrected chi connectivity index (χ2v) is 9.50. The standard InChI is InChI=1S/C16H23Cl2NO3S/c1-5-8-23(21,22)11(2)15(20)19-10-16(3,4)12-6-7-13(17)14(18)9-12/h6-7,9,11H,5,8,10H2,1-4H3,(H,19,20). The minimum Gasteiger partial charge on any atom is -0.354 e. The Morgan fingerprint density at radius 3 is 2.39 bits per heavy atom. The van der Waals surface area contributed by atoms with Crippen LogP contribution in [0.15, 0.2) is 18.2 Å². The van der Waals surface area contributed by atoms with Gasteiger partial charge in [-0.1, -0.05) is 50.0 Å². The Balaban J connectivity index is 2.79. The van der Waals surface area contributed by atoms with Crippen LogP contribution >= 0.6 is 23.2 Å². The molecule has 0 aliphatic heterocycles. The number of hydrogen-bond donors (Lipinski definition) is 1. The van der Waals surface area contributed by atoms with Crippen LogP contribution in [0.1, 0.15) is 39.7 Å². The maximum atomic E-state index is 12.1. The van der Waals surface area contributed by atoms with Crippen LogP contribution in [0.5, 0.6) is 0 Å². The third-order valence-corrected chi connectivity index (χ3v) is 6.81. The Morgan fingerprint density at radius 1 is 1.26 bits per heavy atom. The van der Waals surface area contributed by atoms with Crippen LogP contribution in [0.25, 0.3) is 0 Å². The fourth-order valence-electron chi connectivity index (χ4n) is 2.10. The molecule has 1 rings (SSSR count). The molecule has 1 aromatic carbocycles. The van der Waals surface area contributed by atoms with Crippen molar-refractivity contribution in [2.75, 3.05) is 12.3 Å². The average molecular weight is 380 g/mol. The van der Waals surface area contributed by atoms with E-state index >= 15 is 0 Å². The molecule has 0 fully saturated rings. The Kier molecular flexibility index (Phi) is 6.93. The van der Waals surface area contributed by atoms with Gasteiger partial charge >= 0.3 is 0 Å². The lowest BCUT2D eigenvalue weighted by Crippen LogP contribution is -2.44. The van der Waals surface area contributed by atoms with Crippen molar-refractivity contribution >= 4 is 38.9 Å². The highest BCUT2D eigenvalue weighted by Gasteiger charge is 2.29. The van der Waals surface area contributed by atoms with Crippen molar-refractivity contribution in [3.8, 4) is 0 Å². The summed E-state index contributed by atoms with van der Waals surface area (Å²) < 4.78 is 23.9. The zero-order valence-electron chi connectivity index (χ0n) is 13.8. The van der Waals surface area contributed by atoms with Crippen molar-refractivity contribution in [3.05, 3.63) is 33.8 Å². The number of amides is 1. The molecule has 4 nitrogen and oxygen atoms in total. The SMILES string of the molecule is CCCS(=O)(=O)C(C)C(=O)NCC(C)(C)c1ccc(Cl)c(Cl)c1. The summed E-state index contributed by atoms with van der Waals surface area (Å²) in [5.41, 5.74) is 0.509. The summed E-state index contributed by atoms with van der Waals surface area (Å²) in [6.45, 7) is 7.38. The molecule has 0 saturated carbocycles. The van der Waals surface area contributed by atoms with Crippen molar-refractivity contribution in [1.29, 1.82) is 0 Å². The maximum Gasteiger partial charge on any atom is 0.238 e. The second kappa shape index (κ2) is 7.86. The van der Waals surface area contributed by atoms with Crippen LogP contribution < -0.4 is 5.32 Å². The van der Waals surface area contributed by atoms with E-state index in [0.717, 1.165) is 5.56 Å². The monoisotopic (exact) mass is 379 g/mol. The van der Waals surface area contributed by atoms with E-state index in [1.165, 1.54) is 6.92 Å². The van der Waals surface area contributed by atoms with Crippen LogP contribution in [0.4, 0.5) is 0 Å². The van der Waals surface area contributed by atoms with Crippen molar-refractivity contribution < 1.29 is 13.2 Å². The first-order valence-corrected chi connectivity index (χ1v) is 9.93. The minimum atomic E-state index is -3.40. The molecule has 0 aliphatic carbocycles. The molecular weight excluding hydrogens is 357 g/mol. The van der Waals surface area contributed by atoms with Gasteiger partial charge in [-0.15, -0.1) is 0 Å². The van der Waals surface area contributed by atoms with Gasteiger partial charge < -0.3 is 5.32 Å². The van der Waals surface area contributed by atoms with Crippen LogP contribution in [0.2, 0.25) is 10.0 Å². The summed E-state index contributed by atoms with van der Waals surface area (Å²) in [5.74, 6) is -0.468. The molecular formula is C16H23Cl2NO3S. The van der Waals surface area contributed by atoms with Crippen molar-refractivity contribution in [1.82, 2.24) is 5.32 Å². The molecule has 0 saturated heterocycles. The number of sulfone groups is 1. The fourth-order valence-corrected chi connectivity index (χ4v) is 3.73. The van der Waals surface area contributed by atoms with E-state index < -0.39 is 26.4 Å². The predicted octanol–water partition coefficient (Wildman–Crippen LogP) is 3.60. The Morgan fingerprint density at radius 2 is 1.87 bits per heavy atom. The molecule has 0 aliphatic rings. The van der Waals surface area contributed by atoms with Gasteiger partial charge in [0.15, 0.2) is 9.84 Å². The summed E-state index contributed by atoms with van der Waals surface area (Å²) in [4.78, 5) is 12.1. The number of halogens is 2. The zero-order chi connectivity index (χ0) is 17.8. The lowest BCUT2D eigenvalue weighted by Gasteiger charge is -2.27. The van der Waals surface area contributed by atoms with Gasteiger partial charge in [0.2, 0.25) is 5.91 Å². The molecule has 1 N–H and O–H groups in total. The van der Waals surface area contributed by atoms with Crippen molar-refractivity contribution in [2.45, 2.75) is 44.8 Å². The maximum absolute atomic E-state index is 12.1. The summed E-state index contributed by atoms with van der Waals surface area (Å²) in [6.07, 6.45) is 0.495. The molecule has 130 valence electrons. The lowest BCUT2D eigenvalue weighted by molar-refractivity contribution is -0.120. The van der Waals surface area contributed by atoms with E-state index in [0.29, 0.717) is 23.0 Å². The largest absolute Gasteiger partial charge is 0.354 e. The van der Waals surface area contributed by atoms with E-state index in [-0.39, 0.29) is 5.75 Å². The molecule has 0 aromatic heterocycles. The molecule has 23 heavy (non-hydrogen) atoms. The third kappa shape index (κ3) is 5.37. The normalized spacial score (nSPS) is 13.7. The smallest absolute Gasteiger partial charge is 0.238 e. The Hall–Kier alpha value is -0.780. The third-order valence-electron chi connectivity index (χ3n) is 3.80. The highest BCUT2D eigenvalue weighted by Crippen LogP contribution is 2.29. The van der Waals surface area contributed by atoms with E-state index in [1.54, 1.807) is 19.1 Å². The van der Waals surface area contributed by atoms with Crippen LogP contribution in [-0.2, 0) is 20.0 Å². The molecule has 1 unspecified atom stereocenters. The number of hydrogen-bond acceptors (Lipinski definition) is 3. The molecule has 0 radical (unpaired) electrons. The first-order chi connectivity index (χ1) is 10.5. The van der Waals surface area contributed by atoms with E-state index in [2.05, 4.69) is 5.32 Å². The number of carbonyl (C=O) groups excluding carboxylic acids is 1. The highest BCUT2D eigenvalue weighted by atomic mass is 35.5. The molecule has 0 spiro atoms. The van der Waals surface area contributed by atoms with Gasteiger partial charge in [-0.2, -0.15) is 0 Å². The predicted molar refractivity (Wildman–Crippen MR) is 96.0 cm³/mol. The van der Waals surface area contributed by atoms with Crippen LogP contribution in [-0.4, -0.2) is 31.9 Å². The first kappa shape index (κ1) is 20.3. The molecule has 1 amide bonds. The molecule has 7 heteroatoms. The summed E-state index contributed by atoms with van der Waals surface area (Å²) >= 11 is 11.9. The van der Waals surface area contributed by atoms with Gasteiger partial charge in [0.05, 0.1) is 15.8 Å². The van der Waals surface area contributed by atoms with E-state index in [9.17, 15) is 13.2 Å². The highest BCUT2D eigenvalue weighted by molar-refractivity contribution is 7.92. The van der Waals surface area contributed by atoms with Gasteiger partial charge in [0, 0.05) is 12.0 Å². The topological polar surface area (TPSA) is 63.2 Å².